The molecule has 0 unspecified atom stereocenters. The predicted octanol–water partition coefficient (Wildman–Crippen LogP) is 3.63. The summed E-state index contributed by atoms with van der Waals surface area (Å²) in [5, 5.41) is 0. The third-order valence-corrected chi connectivity index (χ3v) is 4.25. The van der Waals surface area contributed by atoms with E-state index in [1.165, 1.54) is 0 Å². The Morgan fingerprint density at radius 3 is 1.57 bits per heavy atom. The van der Waals surface area contributed by atoms with Crippen molar-refractivity contribution in [3.63, 3.8) is 0 Å². The predicted molar refractivity (Wildman–Crippen MR) is 58.6 cm³/mol. The van der Waals surface area contributed by atoms with Gasteiger partial charge in [0.2, 0.25) is 7.37 Å². The fourth-order valence-electron chi connectivity index (χ4n) is 1.33. The van der Waals surface area contributed by atoms with Gasteiger partial charge in [0.15, 0.2) is 0 Å². The summed E-state index contributed by atoms with van der Waals surface area (Å²) in [4.78, 5) is 9.52. The summed E-state index contributed by atoms with van der Waals surface area (Å²) in [6.07, 6.45) is 7.29. The summed E-state index contributed by atoms with van der Waals surface area (Å²) in [5.41, 5.74) is 0. The van der Waals surface area contributed by atoms with E-state index in [0.717, 1.165) is 38.5 Å². The molecule has 90 valence electrons. The van der Waals surface area contributed by atoms with Gasteiger partial charge in [0.1, 0.15) is 0 Å². The van der Waals surface area contributed by atoms with E-state index in [2.05, 4.69) is 13.8 Å². The molecule has 0 radical (unpaired) electrons. The van der Waals surface area contributed by atoms with Crippen LogP contribution in [0.4, 0.5) is 0 Å². The normalized spacial score (nSPS) is 11.1. The van der Waals surface area contributed by atoms with Crippen LogP contribution in [0.3, 0.4) is 0 Å². The average Bonchev–Trinajstić information content (AvgIpc) is 2.05. The monoisotopic (exact) mass is 264 g/mol. The van der Waals surface area contributed by atoms with Gasteiger partial charge >= 0.3 is 0 Å². The molecular formula is C10H23NiO2P. The summed E-state index contributed by atoms with van der Waals surface area (Å²) in [5.74, 6) is 0. The van der Waals surface area contributed by atoms with Crippen LogP contribution in [-0.4, -0.2) is 17.2 Å². The van der Waals surface area contributed by atoms with E-state index in [0.29, 0.717) is 12.3 Å². The van der Waals surface area contributed by atoms with Crippen LogP contribution in [0.2, 0.25) is 0 Å². The van der Waals surface area contributed by atoms with E-state index >= 15 is 0 Å². The van der Waals surface area contributed by atoms with Gasteiger partial charge in [0.25, 0.3) is 0 Å². The van der Waals surface area contributed by atoms with Gasteiger partial charge in [-0.05, 0) is 12.8 Å². The second-order valence-electron chi connectivity index (χ2n) is 3.71. The molecule has 0 aliphatic heterocycles. The summed E-state index contributed by atoms with van der Waals surface area (Å²) in [6, 6.07) is 0. The smallest absolute Gasteiger partial charge is 0.200 e. The molecule has 0 rings (SSSR count). The molecule has 0 atom stereocenters. The van der Waals surface area contributed by atoms with Gasteiger partial charge < -0.3 is 4.89 Å². The molecule has 0 saturated carbocycles. The van der Waals surface area contributed by atoms with E-state index in [1.54, 1.807) is 0 Å². The second-order valence-corrected chi connectivity index (χ2v) is 6.29. The minimum absolute atomic E-state index is 0. The SMILES string of the molecule is CCCCCP(=O)(O)CCCCC.[Ni]. The van der Waals surface area contributed by atoms with Crippen molar-refractivity contribution in [1.29, 1.82) is 0 Å². The Bertz CT molecular complexity index is 148. The summed E-state index contributed by atoms with van der Waals surface area (Å²) < 4.78 is 11.5. The van der Waals surface area contributed by atoms with E-state index in [4.69, 9.17) is 0 Å². The van der Waals surface area contributed by atoms with Crippen LogP contribution in [0, 0.1) is 0 Å². The van der Waals surface area contributed by atoms with Gasteiger partial charge in [0.05, 0.1) is 0 Å². The third-order valence-electron chi connectivity index (χ3n) is 2.22. The van der Waals surface area contributed by atoms with E-state index in [9.17, 15) is 9.46 Å². The first-order valence-corrected chi connectivity index (χ1v) is 7.46. The van der Waals surface area contributed by atoms with Crippen LogP contribution in [-0.2, 0) is 21.1 Å². The first-order chi connectivity index (χ1) is 6.12. The third kappa shape index (κ3) is 10.8. The fourth-order valence-corrected chi connectivity index (χ4v) is 2.99. The minimum atomic E-state index is -2.75. The van der Waals surface area contributed by atoms with Gasteiger partial charge in [-0.2, -0.15) is 0 Å². The summed E-state index contributed by atoms with van der Waals surface area (Å²) in [7, 11) is -2.75. The van der Waals surface area contributed by atoms with Gasteiger partial charge in [-0.15, -0.1) is 0 Å². The zero-order valence-electron chi connectivity index (χ0n) is 9.28. The zero-order chi connectivity index (χ0) is 10.2. The van der Waals surface area contributed by atoms with Crippen molar-refractivity contribution in [3.8, 4) is 0 Å². The Balaban J connectivity index is 0. The summed E-state index contributed by atoms with van der Waals surface area (Å²) >= 11 is 0. The molecular weight excluding hydrogens is 242 g/mol. The van der Waals surface area contributed by atoms with Gasteiger partial charge in [-0.1, -0.05) is 39.5 Å². The van der Waals surface area contributed by atoms with E-state index < -0.39 is 7.37 Å². The van der Waals surface area contributed by atoms with Gasteiger partial charge in [-0.25, -0.2) is 0 Å². The van der Waals surface area contributed by atoms with Crippen LogP contribution in [0.1, 0.15) is 52.4 Å². The molecule has 4 heteroatoms. The molecule has 0 saturated heterocycles. The molecule has 0 fully saturated rings. The molecule has 0 aromatic carbocycles. The van der Waals surface area contributed by atoms with Crippen molar-refractivity contribution in [2.75, 3.05) is 12.3 Å². The number of hydrogen-bond acceptors (Lipinski definition) is 1. The molecule has 0 aliphatic rings. The number of unbranched alkanes of at least 4 members (excludes halogenated alkanes) is 4. The fraction of sp³-hybridized carbons (Fsp3) is 1.00. The molecule has 2 nitrogen and oxygen atoms in total. The van der Waals surface area contributed by atoms with Crippen molar-refractivity contribution in [2.45, 2.75) is 52.4 Å². The largest absolute Gasteiger partial charge is 0.344 e. The van der Waals surface area contributed by atoms with Crippen molar-refractivity contribution in [1.82, 2.24) is 0 Å². The van der Waals surface area contributed by atoms with Crippen LogP contribution < -0.4 is 0 Å². The van der Waals surface area contributed by atoms with Gasteiger partial charge in [-0.3, -0.25) is 4.57 Å². The van der Waals surface area contributed by atoms with Gasteiger partial charge in [0, 0.05) is 28.8 Å². The van der Waals surface area contributed by atoms with Crippen LogP contribution in [0.5, 0.6) is 0 Å². The van der Waals surface area contributed by atoms with Crippen molar-refractivity contribution >= 4 is 7.37 Å². The first-order valence-electron chi connectivity index (χ1n) is 5.43. The van der Waals surface area contributed by atoms with Crippen molar-refractivity contribution < 1.29 is 25.9 Å². The Morgan fingerprint density at radius 2 is 1.29 bits per heavy atom. The minimum Gasteiger partial charge on any atom is -0.344 e. The summed E-state index contributed by atoms with van der Waals surface area (Å²) in [6.45, 7) is 4.22. The maximum Gasteiger partial charge on any atom is 0.200 e. The standard InChI is InChI=1S/C10H23O2P.Ni/c1-3-5-7-9-13(11,12)10-8-6-4-2;/h3-10H2,1-2H3,(H,11,12);. The Kier molecular flexibility index (Phi) is 12.5. The topological polar surface area (TPSA) is 37.3 Å². The maximum absolute atomic E-state index is 11.5. The second kappa shape index (κ2) is 10.2. The number of hydrogen-bond donors (Lipinski definition) is 1. The molecule has 0 aliphatic carbocycles. The Morgan fingerprint density at radius 1 is 0.929 bits per heavy atom. The maximum atomic E-state index is 11.5. The Labute approximate surface area is 98.2 Å². The van der Waals surface area contributed by atoms with Crippen molar-refractivity contribution in [2.24, 2.45) is 0 Å². The first kappa shape index (κ1) is 17.1. The molecule has 14 heavy (non-hydrogen) atoms. The average molecular weight is 265 g/mol. The molecule has 0 spiro atoms. The molecule has 0 heterocycles. The van der Waals surface area contributed by atoms with Crippen LogP contribution in [0.25, 0.3) is 0 Å². The van der Waals surface area contributed by atoms with Crippen LogP contribution >= 0.6 is 7.37 Å². The molecule has 0 aromatic heterocycles. The quantitative estimate of drug-likeness (QED) is 0.413. The molecule has 0 amide bonds. The van der Waals surface area contributed by atoms with Crippen LogP contribution in [0.15, 0.2) is 0 Å². The van der Waals surface area contributed by atoms with Crippen molar-refractivity contribution in [3.05, 3.63) is 0 Å². The van der Waals surface area contributed by atoms with E-state index in [-0.39, 0.29) is 16.5 Å². The molecule has 0 aromatic rings. The number of rotatable bonds is 8. The van der Waals surface area contributed by atoms with E-state index in [1.807, 2.05) is 0 Å². The Hall–Kier alpha value is 0.684. The molecule has 1 N–H and O–H groups in total. The molecule has 0 bridgehead atoms. The zero-order valence-corrected chi connectivity index (χ0v) is 11.2.